The number of amides is 1. The lowest BCUT2D eigenvalue weighted by atomic mass is 10.1. The quantitative estimate of drug-likeness (QED) is 0.758. The normalized spacial score (nSPS) is 11.3. The molecule has 0 saturated carbocycles. The number of fused-ring (bicyclic) bond motifs is 1. The van der Waals surface area contributed by atoms with Gasteiger partial charge < -0.3 is 16.0 Å². The SMILES string of the molecule is Cc1sc2nc(CCC(=O)NCC(C)(C)N)[nH]c(=O)c2c1C.Cl. The van der Waals surface area contributed by atoms with E-state index in [-0.39, 0.29) is 30.3 Å². The average Bonchev–Trinajstić information content (AvgIpc) is 2.69. The van der Waals surface area contributed by atoms with Gasteiger partial charge in [0.15, 0.2) is 0 Å². The molecule has 0 aliphatic heterocycles. The summed E-state index contributed by atoms with van der Waals surface area (Å²) >= 11 is 1.51. The number of aromatic nitrogens is 2. The van der Waals surface area contributed by atoms with Crippen molar-refractivity contribution in [3.8, 4) is 0 Å². The Morgan fingerprint density at radius 1 is 1.39 bits per heavy atom. The van der Waals surface area contributed by atoms with Crippen molar-refractivity contribution in [2.24, 2.45) is 5.73 Å². The standard InChI is InChI=1S/C15H22N4O2S.ClH/c1-8-9(2)22-14-12(8)13(21)18-10(19-14)5-6-11(20)17-7-15(3,4)16;/h5-7,16H2,1-4H3,(H,17,20)(H,18,19,21);1H. The molecule has 4 N–H and O–H groups in total. The number of nitrogens with one attached hydrogen (secondary N) is 2. The number of thiophene rings is 1. The fourth-order valence-corrected chi connectivity index (χ4v) is 3.11. The number of aromatic amines is 1. The van der Waals surface area contributed by atoms with E-state index in [9.17, 15) is 9.59 Å². The molecule has 0 fully saturated rings. The molecule has 23 heavy (non-hydrogen) atoms. The molecule has 0 atom stereocenters. The number of rotatable bonds is 5. The maximum absolute atomic E-state index is 12.1. The first kappa shape index (κ1) is 19.6. The molecule has 0 saturated heterocycles. The lowest BCUT2D eigenvalue weighted by Gasteiger charge is -2.18. The van der Waals surface area contributed by atoms with E-state index < -0.39 is 5.54 Å². The van der Waals surface area contributed by atoms with Gasteiger partial charge in [-0.2, -0.15) is 0 Å². The summed E-state index contributed by atoms with van der Waals surface area (Å²) in [6, 6.07) is 0. The first-order chi connectivity index (χ1) is 10.2. The second-order valence-electron chi connectivity index (χ2n) is 6.24. The summed E-state index contributed by atoms with van der Waals surface area (Å²) in [5.41, 5.74) is 6.22. The molecule has 128 valence electrons. The summed E-state index contributed by atoms with van der Waals surface area (Å²) in [5.74, 6) is 0.445. The van der Waals surface area contributed by atoms with Crippen LogP contribution in [0.25, 0.3) is 10.2 Å². The van der Waals surface area contributed by atoms with Crippen LogP contribution in [-0.4, -0.2) is 28.0 Å². The fraction of sp³-hybridized carbons (Fsp3) is 0.533. The van der Waals surface area contributed by atoms with E-state index in [2.05, 4.69) is 15.3 Å². The molecule has 0 unspecified atom stereocenters. The Morgan fingerprint density at radius 3 is 2.65 bits per heavy atom. The van der Waals surface area contributed by atoms with Crippen molar-refractivity contribution >= 4 is 39.9 Å². The van der Waals surface area contributed by atoms with E-state index in [4.69, 9.17) is 5.73 Å². The van der Waals surface area contributed by atoms with Crippen LogP contribution in [0, 0.1) is 13.8 Å². The predicted octanol–water partition coefficient (Wildman–Crippen LogP) is 1.81. The van der Waals surface area contributed by atoms with E-state index in [1.165, 1.54) is 11.3 Å². The summed E-state index contributed by atoms with van der Waals surface area (Å²) in [7, 11) is 0. The van der Waals surface area contributed by atoms with Crippen LogP contribution < -0.4 is 16.6 Å². The van der Waals surface area contributed by atoms with Crippen LogP contribution in [0.15, 0.2) is 4.79 Å². The Hall–Kier alpha value is -1.44. The molecule has 0 spiro atoms. The van der Waals surface area contributed by atoms with Crippen LogP contribution in [0.2, 0.25) is 0 Å². The highest BCUT2D eigenvalue weighted by Gasteiger charge is 2.14. The van der Waals surface area contributed by atoms with Crippen molar-refractivity contribution in [1.82, 2.24) is 15.3 Å². The molecule has 2 heterocycles. The summed E-state index contributed by atoms with van der Waals surface area (Å²) < 4.78 is 0. The number of nitrogens with zero attached hydrogens (tertiary/aromatic N) is 1. The minimum Gasteiger partial charge on any atom is -0.354 e. The number of halogens is 1. The Morgan fingerprint density at radius 2 is 2.04 bits per heavy atom. The second-order valence-corrected chi connectivity index (χ2v) is 7.44. The molecule has 0 radical (unpaired) electrons. The first-order valence-electron chi connectivity index (χ1n) is 7.22. The van der Waals surface area contributed by atoms with Crippen LogP contribution in [0.1, 0.15) is 36.5 Å². The van der Waals surface area contributed by atoms with Gasteiger partial charge in [-0.15, -0.1) is 23.7 Å². The summed E-state index contributed by atoms with van der Waals surface area (Å²) in [5, 5.41) is 3.43. The lowest BCUT2D eigenvalue weighted by Crippen LogP contribution is -2.45. The van der Waals surface area contributed by atoms with Gasteiger partial charge in [-0.05, 0) is 33.3 Å². The van der Waals surface area contributed by atoms with Crippen LogP contribution in [0.3, 0.4) is 0 Å². The van der Waals surface area contributed by atoms with Crippen molar-refractivity contribution in [2.45, 2.75) is 46.1 Å². The van der Waals surface area contributed by atoms with Gasteiger partial charge >= 0.3 is 0 Å². The minimum atomic E-state index is -0.437. The average molecular weight is 359 g/mol. The molecule has 2 aromatic heterocycles. The van der Waals surface area contributed by atoms with Crippen molar-refractivity contribution in [3.05, 3.63) is 26.6 Å². The maximum Gasteiger partial charge on any atom is 0.259 e. The predicted molar refractivity (Wildman–Crippen MR) is 96.6 cm³/mol. The summed E-state index contributed by atoms with van der Waals surface area (Å²) in [4.78, 5) is 33.0. The first-order valence-corrected chi connectivity index (χ1v) is 8.03. The maximum atomic E-state index is 12.1. The van der Waals surface area contributed by atoms with Gasteiger partial charge in [-0.3, -0.25) is 9.59 Å². The van der Waals surface area contributed by atoms with Gasteiger partial charge in [0.25, 0.3) is 5.56 Å². The molecule has 0 bridgehead atoms. The van der Waals surface area contributed by atoms with Crippen LogP contribution in [0.4, 0.5) is 0 Å². The van der Waals surface area contributed by atoms with Gasteiger partial charge in [0.05, 0.1) is 5.39 Å². The number of H-pyrrole nitrogens is 1. The van der Waals surface area contributed by atoms with Gasteiger partial charge in [-0.1, -0.05) is 0 Å². The van der Waals surface area contributed by atoms with E-state index in [1.54, 1.807) is 0 Å². The summed E-state index contributed by atoms with van der Waals surface area (Å²) in [6.45, 7) is 8.01. The Balaban J connectivity index is 0.00000264. The molecule has 0 aromatic carbocycles. The van der Waals surface area contributed by atoms with Crippen molar-refractivity contribution in [2.75, 3.05) is 6.54 Å². The van der Waals surface area contributed by atoms with Gasteiger partial charge in [0.1, 0.15) is 10.7 Å². The lowest BCUT2D eigenvalue weighted by molar-refractivity contribution is -0.121. The molecule has 8 heteroatoms. The highest BCUT2D eigenvalue weighted by Crippen LogP contribution is 2.25. The fourth-order valence-electron chi connectivity index (χ4n) is 2.06. The number of nitrogens with two attached hydrogens (primary N) is 1. The highest BCUT2D eigenvalue weighted by molar-refractivity contribution is 7.18. The van der Waals surface area contributed by atoms with Crippen molar-refractivity contribution < 1.29 is 4.79 Å². The molecule has 6 nitrogen and oxygen atoms in total. The van der Waals surface area contributed by atoms with Crippen LogP contribution in [-0.2, 0) is 11.2 Å². The van der Waals surface area contributed by atoms with E-state index in [0.29, 0.717) is 24.2 Å². The minimum absolute atomic E-state index is 0. The molecule has 0 aliphatic rings. The third kappa shape index (κ3) is 5.02. The van der Waals surface area contributed by atoms with Crippen LogP contribution in [0.5, 0.6) is 0 Å². The number of hydrogen-bond donors (Lipinski definition) is 3. The van der Waals surface area contributed by atoms with E-state index in [0.717, 1.165) is 15.3 Å². The topological polar surface area (TPSA) is 101 Å². The second kappa shape index (κ2) is 7.42. The summed E-state index contributed by atoms with van der Waals surface area (Å²) in [6.07, 6.45) is 0.672. The highest BCUT2D eigenvalue weighted by atomic mass is 35.5. The Labute approximate surface area is 145 Å². The van der Waals surface area contributed by atoms with Crippen molar-refractivity contribution in [3.63, 3.8) is 0 Å². The molecule has 1 amide bonds. The molecule has 0 aliphatic carbocycles. The number of carbonyl (C=O) groups is 1. The van der Waals surface area contributed by atoms with Gasteiger partial charge in [-0.25, -0.2) is 4.98 Å². The smallest absolute Gasteiger partial charge is 0.259 e. The molecular formula is C15H23ClN4O2S. The molecule has 2 rings (SSSR count). The largest absolute Gasteiger partial charge is 0.354 e. The van der Waals surface area contributed by atoms with Crippen molar-refractivity contribution in [1.29, 1.82) is 0 Å². The van der Waals surface area contributed by atoms with E-state index in [1.807, 2.05) is 27.7 Å². The Kier molecular flexibility index (Phi) is 6.33. The zero-order chi connectivity index (χ0) is 16.5. The monoisotopic (exact) mass is 358 g/mol. The third-order valence-electron chi connectivity index (χ3n) is 3.42. The third-order valence-corrected chi connectivity index (χ3v) is 4.52. The number of hydrogen-bond acceptors (Lipinski definition) is 5. The molecular weight excluding hydrogens is 336 g/mol. The zero-order valence-electron chi connectivity index (χ0n) is 13.8. The number of aryl methyl sites for hydroxylation is 3. The Bertz CT molecular complexity index is 761. The van der Waals surface area contributed by atoms with Crippen LogP contribution >= 0.6 is 23.7 Å². The van der Waals surface area contributed by atoms with Gasteiger partial charge in [0.2, 0.25) is 5.91 Å². The van der Waals surface area contributed by atoms with Gasteiger partial charge in [0, 0.05) is 29.8 Å². The number of carbonyl (C=O) groups excluding carboxylic acids is 1. The zero-order valence-corrected chi connectivity index (χ0v) is 15.4. The molecule has 2 aromatic rings. The van der Waals surface area contributed by atoms with E-state index >= 15 is 0 Å².